The maximum Gasteiger partial charge on any atom is 0.253 e. The smallest absolute Gasteiger partial charge is 0.253 e. The Labute approximate surface area is 171 Å². The molecule has 6 heteroatoms. The zero-order valence-electron chi connectivity index (χ0n) is 16.6. The Morgan fingerprint density at radius 1 is 0.862 bits per heavy atom. The molecule has 2 amide bonds. The van der Waals surface area contributed by atoms with Crippen LogP contribution in [0.2, 0.25) is 0 Å². The fourth-order valence-corrected chi connectivity index (χ4v) is 4.07. The van der Waals surface area contributed by atoms with Crippen LogP contribution in [0.15, 0.2) is 48.8 Å². The van der Waals surface area contributed by atoms with Gasteiger partial charge in [-0.1, -0.05) is 0 Å². The molecule has 29 heavy (non-hydrogen) atoms. The predicted octanol–water partition coefficient (Wildman–Crippen LogP) is 3.25. The molecule has 0 radical (unpaired) electrons. The summed E-state index contributed by atoms with van der Waals surface area (Å²) in [7, 11) is 0. The van der Waals surface area contributed by atoms with Gasteiger partial charge >= 0.3 is 0 Å². The summed E-state index contributed by atoms with van der Waals surface area (Å²) in [6.07, 6.45) is 7.51. The molecular weight excluding hydrogens is 366 g/mol. The first-order chi connectivity index (χ1) is 14.2. The molecule has 0 spiro atoms. The van der Waals surface area contributed by atoms with Gasteiger partial charge in [0, 0.05) is 55.6 Å². The summed E-state index contributed by atoms with van der Waals surface area (Å²) >= 11 is 0. The van der Waals surface area contributed by atoms with Crippen LogP contribution in [0, 0.1) is 5.92 Å². The fourth-order valence-electron chi connectivity index (χ4n) is 4.07. The molecule has 6 nitrogen and oxygen atoms in total. The Morgan fingerprint density at radius 2 is 1.48 bits per heavy atom. The number of aromatic nitrogens is 1. The minimum Gasteiger partial charge on any atom is -0.493 e. The molecule has 2 aliphatic heterocycles. The minimum absolute atomic E-state index is 0.0573. The highest BCUT2D eigenvalue weighted by Gasteiger charge is 2.25. The molecule has 1 atom stereocenters. The third kappa shape index (κ3) is 4.75. The molecular formula is C23H27N3O3. The SMILES string of the molecule is O=C(c1ccc(OC[C@@H]2CCCN(C(=O)c3ccncc3)C2)cc1)N1CCCC1. The van der Waals surface area contributed by atoms with E-state index in [4.69, 9.17) is 4.74 Å². The first-order valence-electron chi connectivity index (χ1n) is 10.4. The lowest BCUT2D eigenvalue weighted by Gasteiger charge is -2.32. The molecule has 1 aromatic heterocycles. The topological polar surface area (TPSA) is 62.7 Å². The van der Waals surface area contributed by atoms with Crippen molar-refractivity contribution in [3.05, 3.63) is 59.9 Å². The third-order valence-electron chi connectivity index (χ3n) is 5.71. The van der Waals surface area contributed by atoms with E-state index in [0.29, 0.717) is 30.2 Å². The number of pyridine rings is 1. The molecule has 2 aliphatic rings. The van der Waals surface area contributed by atoms with E-state index in [9.17, 15) is 9.59 Å². The van der Waals surface area contributed by atoms with E-state index < -0.39 is 0 Å². The fraction of sp³-hybridized carbons (Fsp3) is 0.435. The number of likely N-dealkylation sites (tertiary alicyclic amines) is 2. The van der Waals surface area contributed by atoms with Crippen LogP contribution in [0.5, 0.6) is 5.75 Å². The van der Waals surface area contributed by atoms with Crippen molar-refractivity contribution in [3.63, 3.8) is 0 Å². The quantitative estimate of drug-likeness (QED) is 0.782. The summed E-state index contributed by atoms with van der Waals surface area (Å²) < 4.78 is 5.97. The maximum atomic E-state index is 12.7. The average Bonchev–Trinajstić information content (AvgIpc) is 3.33. The number of piperidine rings is 1. The van der Waals surface area contributed by atoms with Crippen molar-refractivity contribution in [3.8, 4) is 5.75 Å². The Bertz CT molecular complexity index is 832. The van der Waals surface area contributed by atoms with Crippen LogP contribution < -0.4 is 4.74 Å². The van der Waals surface area contributed by atoms with Gasteiger partial charge in [-0.2, -0.15) is 0 Å². The third-order valence-corrected chi connectivity index (χ3v) is 5.71. The molecule has 3 heterocycles. The minimum atomic E-state index is 0.0573. The van der Waals surface area contributed by atoms with Crippen LogP contribution in [0.4, 0.5) is 0 Å². The molecule has 2 saturated heterocycles. The summed E-state index contributed by atoms with van der Waals surface area (Å²) in [6.45, 7) is 3.76. The number of hydrogen-bond acceptors (Lipinski definition) is 4. The summed E-state index contributed by atoms with van der Waals surface area (Å²) in [5.41, 5.74) is 1.39. The van der Waals surface area contributed by atoms with E-state index >= 15 is 0 Å². The first-order valence-corrected chi connectivity index (χ1v) is 10.4. The van der Waals surface area contributed by atoms with Crippen molar-refractivity contribution in [2.24, 2.45) is 5.92 Å². The molecule has 0 aliphatic carbocycles. The van der Waals surface area contributed by atoms with Crippen LogP contribution in [0.1, 0.15) is 46.4 Å². The molecule has 0 N–H and O–H groups in total. The van der Waals surface area contributed by atoms with E-state index in [1.54, 1.807) is 24.5 Å². The van der Waals surface area contributed by atoms with Crippen molar-refractivity contribution in [2.45, 2.75) is 25.7 Å². The second-order valence-electron chi connectivity index (χ2n) is 7.83. The van der Waals surface area contributed by atoms with E-state index in [2.05, 4.69) is 4.98 Å². The van der Waals surface area contributed by atoms with Crippen LogP contribution in [-0.4, -0.2) is 59.4 Å². The number of rotatable bonds is 5. The Balaban J connectivity index is 1.29. The normalized spacial score (nSPS) is 19.2. The van der Waals surface area contributed by atoms with Gasteiger partial charge < -0.3 is 14.5 Å². The zero-order valence-corrected chi connectivity index (χ0v) is 16.6. The molecule has 2 fully saturated rings. The van der Waals surface area contributed by atoms with E-state index in [-0.39, 0.29) is 11.8 Å². The summed E-state index contributed by atoms with van der Waals surface area (Å²) in [5, 5.41) is 0. The summed E-state index contributed by atoms with van der Waals surface area (Å²) in [4.78, 5) is 32.9. The number of amides is 2. The Morgan fingerprint density at radius 3 is 2.21 bits per heavy atom. The molecule has 4 rings (SSSR count). The van der Waals surface area contributed by atoms with Gasteiger partial charge in [0.05, 0.1) is 6.61 Å². The number of nitrogens with zero attached hydrogens (tertiary/aromatic N) is 3. The van der Waals surface area contributed by atoms with E-state index in [1.807, 2.05) is 34.1 Å². The highest BCUT2D eigenvalue weighted by molar-refractivity contribution is 5.94. The van der Waals surface area contributed by atoms with Crippen LogP contribution in [0.3, 0.4) is 0 Å². The molecule has 2 aromatic rings. The van der Waals surface area contributed by atoms with E-state index in [0.717, 1.165) is 51.1 Å². The van der Waals surface area contributed by atoms with Gasteiger partial charge in [-0.3, -0.25) is 14.6 Å². The molecule has 0 saturated carbocycles. The predicted molar refractivity (Wildman–Crippen MR) is 110 cm³/mol. The lowest BCUT2D eigenvalue weighted by molar-refractivity contribution is 0.0633. The number of ether oxygens (including phenoxy) is 1. The van der Waals surface area contributed by atoms with Crippen molar-refractivity contribution in [1.29, 1.82) is 0 Å². The van der Waals surface area contributed by atoms with Crippen molar-refractivity contribution < 1.29 is 14.3 Å². The van der Waals surface area contributed by atoms with Crippen molar-refractivity contribution in [1.82, 2.24) is 14.8 Å². The van der Waals surface area contributed by atoms with Crippen molar-refractivity contribution >= 4 is 11.8 Å². The van der Waals surface area contributed by atoms with E-state index in [1.165, 1.54) is 0 Å². The highest BCUT2D eigenvalue weighted by atomic mass is 16.5. The second kappa shape index (κ2) is 9.07. The number of hydrogen-bond donors (Lipinski definition) is 0. The Hall–Kier alpha value is -2.89. The van der Waals surface area contributed by atoms with Gasteiger partial charge in [-0.15, -0.1) is 0 Å². The van der Waals surface area contributed by atoms with Crippen LogP contribution in [-0.2, 0) is 0 Å². The van der Waals surface area contributed by atoms with Gasteiger partial charge in [-0.05, 0) is 62.1 Å². The largest absolute Gasteiger partial charge is 0.493 e. The second-order valence-corrected chi connectivity index (χ2v) is 7.83. The van der Waals surface area contributed by atoms with Gasteiger partial charge in [-0.25, -0.2) is 0 Å². The number of carbonyl (C=O) groups is 2. The monoisotopic (exact) mass is 393 g/mol. The molecule has 152 valence electrons. The van der Waals surface area contributed by atoms with Gasteiger partial charge in [0.15, 0.2) is 0 Å². The lowest BCUT2D eigenvalue weighted by Crippen LogP contribution is -2.41. The summed E-state index contributed by atoms with van der Waals surface area (Å²) in [6, 6.07) is 10.9. The average molecular weight is 393 g/mol. The van der Waals surface area contributed by atoms with Crippen LogP contribution in [0.25, 0.3) is 0 Å². The molecule has 1 aromatic carbocycles. The van der Waals surface area contributed by atoms with Gasteiger partial charge in [0.25, 0.3) is 11.8 Å². The zero-order chi connectivity index (χ0) is 20.1. The van der Waals surface area contributed by atoms with Crippen LogP contribution >= 0.6 is 0 Å². The lowest BCUT2D eigenvalue weighted by atomic mass is 9.98. The highest BCUT2D eigenvalue weighted by Crippen LogP contribution is 2.21. The number of benzene rings is 1. The molecule has 0 unspecified atom stereocenters. The first kappa shape index (κ1) is 19.4. The van der Waals surface area contributed by atoms with Gasteiger partial charge in [0.2, 0.25) is 0 Å². The molecule has 0 bridgehead atoms. The maximum absolute atomic E-state index is 12.7. The van der Waals surface area contributed by atoms with Crippen molar-refractivity contribution in [2.75, 3.05) is 32.8 Å². The summed E-state index contributed by atoms with van der Waals surface area (Å²) in [5.74, 6) is 1.23. The standard InChI is InChI=1S/C23H27N3O3/c27-22(25-13-1-2-14-25)19-5-7-21(8-6-19)29-17-18-4-3-15-26(16-18)23(28)20-9-11-24-12-10-20/h5-12,18H,1-4,13-17H2/t18-/m1/s1. The van der Waals surface area contributed by atoms with Gasteiger partial charge in [0.1, 0.15) is 5.75 Å². The Kier molecular flexibility index (Phi) is 6.08. The number of carbonyl (C=O) groups excluding carboxylic acids is 2.